The summed E-state index contributed by atoms with van der Waals surface area (Å²) in [5, 5.41) is 0. The molecule has 2 aliphatic rings. The fourth-order valence-electron chi connectivity index (χ4n) is 3.03. The van der Waals surface area contributed by atoms with Crippen molar-refractivity contribution in [3.05, 3.63) is 34.9 Å². The number of fused-ring (bicyclic) bond motifs is 2. The summed E-state index contributed by atoms with van der Waals surface area (Å²) >= 11 is 1.52. The number of unbranched alkanes of at least 4 members (excludes halogenated alkanes) is 4. The van der Waals surface area contributed by atoms with Gasteiger partial charge in [-0.15, -0.1) is 11.8 Å². The number of Topliss-reactive ketones (excluding diaryl/α,β-unsaturated/α-hetero) is 2. The third-order valence-electron chi connectivity index (χ3n) is 4.39. The van der Waals surface area contributed by atoms with Crippen LogP contribution < -0.4 is 0 Å². The number of epoxide rings is 1. The van der Waals surface area contributed by atoms with Crippen molar-refractivity contribution in [1.29, 1.82) is 0 Å². The van der Waals surface area contributed by atoms with E-state index in [1.165, 1.54) is 37.4 Å². The Labute approximate surface area is 135 Å². The second-order valence-electron chi connectivity index (χ2n) is 6.17. The van der Waals surface area contributed by atoms with Gasteiger partial charge in [0.25, 0.3) is 0 Å². The first-order valence-electron chi connectivity index (χ1n) is 8.11. The SMILES string of the molecule is CCCCCCCSC12OC1C(=O)c1cc(C)ccc1C2=O. The number of rotatable bonds is 7. The second-order valence-corrected chi connectivity index (χ2v) is 7.47. The molecule has 1 saturated heterocycles. The maximum atomic E-state index is 12.7. The van der Waals surface area contributed by atoms with Crippen LogP contribution in [0.1, 0.15) is 65.3 Å². The van der Waals surface area contributed by atoms with E-state index in [9.17, 15) is 9.59 Å². The minimum absolute atomic E-state index is 0.0225. The molecule has 0 N–H and O–H groups in total. The van der Waals surface area contributed by atoms with Gasteiger partial charge in [0.1, 0.15) is 0 Å². The molecular weight excluding hydrogens is 296 g/mol. The molecule has 0 amide bonds. The molecule has 1 heterocycles. The molecule has 3 rings (SSSR count). The van der Waals surface area contributed by atoms with Crippen LogP contribution in [0.4, 0.5) is 0 Å². The van der Waals surface area contributed by atoms with Crippen molar-refractivity contribution in [2.45, 2.75) is 57.0 Å². The topological polar surface area (TPSA) is 46.7 Å². The van der Waals surface area contributed by atoms with Gasteiger partial charge in [0.15, 0.2) is 11.9 Å². The normalized spacial score (nSPS) is 25.8. The predicted octanol–water partition coefficient (Wildman–Crippen LogP) is 4.17. The van der Waals surface area contributed by atoms with Crippen LogP contribution in [0.3, 0.4) is 0 Å². The molecule has 1 aliphatic heterocycles. The maximum Gasteiger partial charge on any atom is 0.211 e. The molecule has 1 fully saturated rings. The minimum Gasteiger partial charge on any atom is -0.337 e. The van der Waals surface area contributed by atoms with E-state index in [1.54, 1.807) is 12.1 Å². The van der Waals surface area contributed by atoms with E-state index < -0.39 is 11.0 Å². The molecule has 4 heteroatoms. The number of hydrogen-bond acceptors (Lipinski definition) is 4. The molecule has 0 spiro atoms. The van der Waals surface area contributed by atoms with Crippen LogP contribution in [-0.2, 0) is 4.74 Å². The zero-order valence-electron chi connectivity index (χ0n) is 13.2. The van der Waals surface area contributed by atoms with Gasteiger partial charge < -0.3 is 4.74 Å². The average molecular weight is 318 g/mol. The summed E-state index contributed by atoms with van der Waals surface area (Å²) < 4.78 is 5.60. The molecule has 0 saturated carbocycles. The summed E-state index contributed by atoms with van der Waals surface area (Å²) in [6.45, 7) is 4.13. The Hall–Kier alpha value is -1.13. The van der Waals surface area contributed by atoms with Crippen molar-refractivity contribution < 1.29 is 14.3 Å². The lowest BCUT2D eigenvalue weighted by atomic mass is 9.88. The number of carbonyl (C=O) groups is 2. The van der Waals surface area contributed by atoms with Gasteiger partial charge in [-0.1, -0.05) is 50.3 Å². The van der Waals surface area contributed by atoms with Crippen LogP contribution in [0.2, 0.25) is 0 Å². The van der Waals surface area contributed by atoms with E-state index in [0.29, 0.717) is 11.1 Å². The van der Waals surface area contributed by atoms with Gasteiger partial charge in [-0.05, 0) is 25.2 Å². The first-order valence-corrected chi connectivity index (χ1v) is 9.10. The van der Waals surface area contributed by atoms with Gasteiger partial charge in [0, 0.05) is 11.1 Å². The summed E-state index contributed by atoms with van der Waals surface area (Å²) in [6.07, 6.45) is 5.42. The Morgan fingerprint density at radius 3 is 2.68 bits per heavy atom. The molecule has 118 valence electrons. The van der Waals surface area contributed by atoms with Crippen LogP contribution in [0.25, 0.3) is 0 Å². The van der Waals surface area contributed by atoms with Crippen molar-refractivity contribution in [3.63, 3.8) is 0 Å². The quantitative estimate of drug-likeness (QED) is 0.559. The van der Waals surface area contributed by atoms with Gasteiger partial charge in [-0.3, -0.25) is 9.59 Å². The Balaban J connectivity index is 1.66. The van der Waals surface area contributed by atoms with Gasteiger partial charge in [0.05, 0.1) is 0 Å². The summed E-state index contributed by atoms with van der Waals surface area (Å²) in [5.41, 5.74) is 2.06. The third kappa shape index (κ3) is 2.63. The van der Waals surface area contributed by atoms with E-state index in [0.717, 1.165) is 17.7 Å². The molecule has 0 aromatic heterocycles. The van der Waals surface area contributed by atoms with Crippen LogP contribution in [0, 0.1) is 6.92 Å². The summed E-state index contributed by atoms with van der Waals surface area (Å²) in [6, 6.07) is 5.46. The Morgan fingerprint density at radius 1 is 1.14 bits per heavy atom. The molecule has 0 radical (unpaired) electrons. The number of benzene rings is 1. The summed E-state index contributed by atoms with van der Waals surface area (Å²) in [4.78, 5) is 24.2. The summed E-state index contributed by atoms with van der Waals surface area (Å²) in [7, 11) is 0. The molecule has 22 heavy (non-hydrogen) atoms. The molecule has 2 unspecified atom stereocenters. The predicted molar refractivity (Wildman–Crippen MR) is 88.7 cm³/mol. The lowest BCUT2D eigenvalue weighted by Gasteiger charge is -2.18. The smallest absolute Gasteiger partial charge is 0.211 e. The molecule has 3 nitrogen and oxygen atoms in total. The van der Waals surface area contributed by atoms with E-state index in [1.807, 2.05) is 13.0 Å². The Kier molecular flexibility index (Phi) is 4.42. The highest BCUT2D eigenvalue weighted by Gasteiger charge is 2.69. The van der Waals surface area contributed by atoms with Crippen LogP contribution in [-0.4, -0.2) is 28.4 Å². The van der Waals surface area contributed by atoms with E-state index in [2.05, 4.69) is 6.92 Å². The number of ether oxygens (including phenoxy) is 1. The standard InChI is InChI=1S/C18H22O3S/c1-3-4-5-6-7-10-22-18-16(20)13-9-8-12(2)11-14(13)15(19)17(18)21-18/h8-9,11,17H,3-7,10H2,1-2H3. The third-order valence-corrected chi connectivity index (χ3v) is 5.80. The summed E-state index contributed by atoms with van der Waals surface area (Å²) in [5.74, 6) is 0.822. The number of thioether (sulfide) groups is 1. The second kappa shape index (κ2) is 6.17. The molecule has 1 aromatic rings. The number of ketones is 2. The largest absolute Gasteiger partial charge is 0.337 e. The van der Waals surface area contributed by atoms with Gasteiger partial charge >= 0.3 is 0 Å². The number of aryl methyl sites for hydroxylation is 1. The van der Waals surface area contributed by atoms with Gasteiger partial charge in [-0.2, -0.15) is 0 Å². The highest BCUT2D eigenvalue weighted by molar-refractivity contribution is 8.01. The van der Waals surface area contributed by atoms with Gasteiger partial charge in [0.2, 0.25) is 10.7 Å². The zero-order chi connectivity index (χ0) is 15.7. The average Bonchev–Trinajstić information content (AvgIpc) is 3.25. The van der Waals surface area contributed by atoms with E-state index in [-0.39, 0.29) is 11.6 Å². The Morgan fingerprint density at radius 2 is 1.91 bits per heavy atom. The van der Waals surface area contributed by atoms with Crippen LogP contribution in [0.15, 0.2) is 18.2 Å². The highest BCUT2D eigenvalue weighted by Crippen LogP contribution is 2.53. The zero-order valence-corrected chi connectivity index (χ0v) is 14.0. The van der Waals surface area contributed by atoms with E-state index >= 15 is 0 Å². The number of hydrogen-bond donors (Lipinski definition) is 0. The fourth-order valence-corrected chi connectivity index (χ4v) is 4.35. The molecule has 2 atom stereocenters. The maximum absolute atomic E-state index is 12.7. The first-order chi connectivity index (χ1) is 10.6. The van der Waals surface area contributed by atoms with Crippen LogP contribution >= 0.6 is 11.8 Å². The monoisotopic (exact) mass is 318 g/mol. The van der Waals surface area contributed by atoms with Crippen molar-refractivity contribution in [2.75, 3.05) is 5.75 Å². The van der Waals surface area contributed by atoms with Gasteiger partial charge in [-0.25, -0.2) is 0 Å². The number of carbonyl (C=O) groups excluding carboxylic acids is 2. The lowest BCUT2D eigenvalue weighted by Crippen LogP contribution is -2.34. The van der Waals surface area contributed by atoms with Crippen LogP contribution in [0.5, 0.6) is 0 Å². The first kappa shape index (κ1) is 15.8. The molecule has 1 aromatic carbocycles. The molecule has 0 bridgehead atoms. The fraction of sp³-hybridized carbons (Fsp3) is 0.556. The Bertz CT molecular complexity index is 610. The van der Waals surface area contributed by atoms with Crippen molar-refractivity contribution in [1.82, 2.24) is 0 Å². The van der Waals surface area contributed by atoms with Crippen molar-refractivity contribution >= 4 is 23.3 Å². The lowest BCUT2D eigenvalue weighted by molar-refractivity contribution is 0.0911. The van der Waals surface area contributed by atoms with Crippen molar-refractivity contribution in [3.8, 4) is 0 Å². The molecule has 1 aliphatic carbocycles. The van der Waals surface area contributed by atoms with E-state index in [4.69, 9.17) is 4.74 Å². The minimum atomic E-state index is -0.913. The highest BCUT2D eigenvalue weighted by atomic mass is 32.2. The molecular formula is C18H22O3S. The van der Waals surface area contributed by atoms with Crippen molar-refractivity contribution in [2.24, 2.45) is 0 Å².